The van der Waals surface area contributed by atoms with E-state index in [9.17, 15) is 14.7 Å². The van der Waals surface area contributed by atoms with Crippen LogP contribution in [0.5, 0.6) is 0 Å². The van der Waals surface area contributed by atoms with E-state index in [0.717, 1.165) is 0 Å². The van der Waals surface area contributed by atoms with Crippen LogP contribution in [-0.2, 0) is 9.59 Å². The van der Waals surface area contributed by atoms with Gasteiger partial charge in [0.05, 0.1) is 13.1 Å². The van der Waals surface area contributed by atoms with E-state index in [-0.39, 0.29) is 30.8 Å². The molecular weight excluding hydrogens is 198 g/mol. The van der Waals surface area contributed by atoms with Gasteiger partial charge in [-0.1, -0.05) is 20.8 Å². The molecule has 0 aromatic heterocycles. The Morgan fingerprint density at radius 2 is 1.73 bits per heavy atom. The van der Waals surface area contributed by atoms with Crippen LogP contribution in [0.1, 0.15) is 20.8 Å². The zero-order valence-corrected chi connectivity index (χ0v) is 9.23. The number of rotatable bonds is 3. The van der Waals surface area contributed by atoms with Crippen molar-refractivity contribution in [1.29, 1.82) is 0 Å². The number of nitrogens with zero attached hydrogens (tertiary/aromatic N) is 1. The maximum Gasteiger partial charge on any atom is 0.339 e. The lowest BCUT2D eigenvalue weighted by Gasteiger charge is -2.44. The van der Waals surface area contributed by atoms with Crippen LogP contribution in [0.15, 0.2) is 0 Å². The minimum atomic E-state index is -1.73. The predicted molar refractivity (Wildman–Crippen MR) is 53.2 cm³/mol. The molecule has 1 saturated heterocycles. The SMILES string of the molecule is CC(C)C(C)C(=O)N1CC(O)(C(=O)O)C1. The van der Waals surface area contributed by atoms with E-state index in [1.807, 2.05) is 20.8 Å². The van der Waals surface area contributed by atoms with E-state index in [1.54, 1.807) is 0 Å². The van der Waals surface area contributed by atoms with Gasteiger partial charge in [-0.2, -0.15) is 0 Å². The highest BCUT2D eigenvalue weighted by Gasteiger charge is 2.50. The molecule has 0 radical (unpaired) electrons. The van der Waals surface area contributed by atoms with Crippen LogP contribution >= 0.6 is 0 Å². The highest BCUT2D eigenvalue weighted by Crippen LogP contribution is 2.24. The first-order chi connectivity index (χ1) is 6.78. The van der Waals surface area contributed by atoms with E-state index in [2.05, 4.69) is 0 Å². The van der Waals surface area contributed by atoms with Crippen molar-refractivity contribution in [3.63, 3.8) is 0 Å². The molecule has 1 rings (SSSR count). The van der Waals surface area contributed by atoms with Gasteiger partial charge in [0.2, 0.25) is 5.91 Å². The van der Waals surface area contributed by atoms with Gasteiger partial charge >= 0.3 is 5.97 Å². The Bertz CT molecular complexity index is 281. The largest absolute Gasteiger partial charge is 0.479 e. The Morgan fingerprint density at radius 3 is 2.07 bits per heavy atom. The molecule has 5 nitrogen and oxygen atoms in total. The predicted octanol–water partition coefficient (Wildman–Crippen LogP) is -0.0636. The number of β-amino-alcohol motifs (C(OH)–C–C–N with tert-alkyl or cyclic N) is 1. The van der Waals surface area contributed by atoms with Gasteiger partial charge in [0.15, 0.2) is 5.60 Å². The van der Waals surface area contributed by atoms with E-state index in [0.29, 0.717) is 0 Å². The monoisotopic (exact) mass is 215 g/mol. The molecule has 1 aliphatic heterocycles. The summed E-state index contributed by atoms with van der Waals surface area (Å²) in [5, 5.41) is 18.1. The topological polar surface area (TPSA) is 77.8 Å². The Labute approximate surface area is 88.7 Å². The van der Waals surface area contributed by atoms with Gasteiger partial charge in [0, 0.05) is 5.92 Å². The highest BCUT2D eigenvalue weighted by molar-refractivity contribution is 5.86. The van der Waals surface area contributed by atoms with Crippen LogP contribution in [0, 0.1) is 11.8 Å². The summed E-state index contributed by atoms with van der Waals surface area (Å²) < 4.78 is 0. The normalized spacial score (nSPS) is 21.0. The molecule has 2 N–H and O–H groups in total. The number of carboxylic acids is 1. The molecule has 0 aromatic rings. The lowest BCUT2D eigenvalue weighted by Crippen LogP contribution is -2.68. The molecule has 0 bridgehead atoms. The summed E-state index contributed by atoms with van der Waals surface area (Å²) in [6.45, 7) is 5.49. The van der Waals surface area contributed by atoms with Gasteiger partial charge in [0.1, 0.15) is 0 Å². The zero-order chi connectivity index (χ0) is 11.8. The first-order valence-electron chi connectivity index (χ1n) is 5.02. The molecule has 15 heavy (non-hydrogen) atoms. The third kappa shape index (κ3) is 2.12. The second-order valence-corrected chi connectivity index (χ2v) is 4.56. The quantitative estimate of drug-likeness (QED) is 0.691. The Morgan fingerprint density at radius 1 is 1.27 bits per heavy atom. The van der Waals surface area contributed by atoms with Gasteiger partial charge in [-0.3, -0.25) is 4.79 Å². The number of amides is 1. The van der Waals surface area contributed by atoms with E-state index in [4.69, 9.17) is 5.11 Å². The lowest BCUT2D eigenvalue weighted by molar-refractivity contribution is -0.183. The van der Waals surface area contributed by atoms with Crippen molar-refractivity contribution < 1.29 is 19.8 Å². The number of carbonyl (C=O) groups excluding carboxylic acids is 1. The van der Waals surface area contributed by atoms with E-state index < -0.39 is 11.6 Å². The minimum absolute atomic E-state index is 0.0871. The Balaban J connectivity index is 2.52. The van der Waals surface area contributed by atoms with Crippen LogP contribution in [0.3, 0.4) is 0 Å². The zero-order valence-electron chi connectivity index (χ0n) is 9.23. The smallest absolute Gasteiger partial charge is 0.339 e. The Hall–Kier alpha value is -1.10. The van der Waals surface area contributed by atoms with Gasteiger partial charge in [-0.25, -0.2) is 4.79 Å². The second kappa shape index (κ2) is 3.81. The fourth-order valence-electron chi connectivity index (χ4n) is 1.45. The number of aliphatic hydroxyl groups is 1. The van der Waals surface area contributed by atoms with Crippen molar-refractivity contribution in [3.8, 4) is 0 Å². The van der Waals surface area contributed by atoms with Gasteiger partial charge in [-0.05, 0) is 5.92 Å². The molecule has 1 fully saturated rings. The molecule has 86 valence electrons. The van der Waals surface area contributed by atoms with Gasteiger partial charge in [0.25, 0.3) is 0 Å². The molecular formula is C10H17NO4. The fraction of sp³-hybridized carbons (Fsp3) is 0.800. The maximum absolute atomic E-state index is 11.7. The molecule has 1 aliphatic rings. The summed E-state index contributed by atoms with van der Waals surface area (Å²) in [6.07, 6.45) is 0. The average molecular weight is 215 g/mol. The number of likely N-dealkylation sites (tertiary alicyclic amines) is 1. The second-order valence-electron chi connectivity index (χ2n) is 4.56. The molecule has 0 spiro atoms. The fourth-order valence-corrected chi connectivity index (χ4v) is 1.45. The van der Waals surface area contributed by atoms with E-state index in [1.165, 1.54) is 4.90 Å². The van der Waals surface area contributed by atoms with Crippen molar-refractivity contribution in [1.82, 2.24) is 4.90 Å². The number of hydrogen-bond donors (Lipinski definition) is 2. The van der Waals surface area contributed by atoms with Crippen LogP contribution < -0.4 is 0 Å². The average Bonchev–Trinajstić information content (AvgIpc) is 2.09. The first kappa shape index (κ1) is 12.0. The van der Waals surface area contributed by atoms with Gasteiger partial charge < -0.3 is 15.1 Å². The van der Waals surface area contributed by atoms with Crippen molar-refractivity contribution in [3.05, 3.63) is 0 Å². The van der Waals surface area contributed by atoms with Crippen LogP contribution in [0.2, 0.25) is 0 Å². The maximum atomic E-state index is 11.7. The number of carboxylic acid groups (broad SMARTS) is 1. The molecule has 5 heteroatoms. The summed E-state index contributed by atoms with van der Waals surface area (Å²) in [7, 11) is 0. The summed E-state index contributed by atoms with van der Waals surface area (Å²) in [4.78, 5) is 23.7. The minimum Gasteiger partial charge on any atom is -0.479 e. The lowest BCUT2D eigenvalue weighted by atomic mass is 9.89. The van der Waals surface area contributed by atoms with Crippen molar-refractivity contribution >= 4 is 11.9 Å². The van der Waals surface area contributed by atoms with E-state index >= 15 is 0 Å². The molecule has 1 heterocycles. The first-order valence-corrected chi connectivity index (χ1v) is 5.02. The third-order valence-electron chi connectivity index (χ3n) is 3.00. The van der Waals surface area contributed by atoms with Gasteiger partial charge in [-0.15, -0.1) is 0 Å². The number of aliphatic carboxylic acids is 1. The number of carbonyl (C=O) groups is 2. The molecule has 0 saturated carbocycles. The van der Waals surface area contributed by atoms with Crippen molar-refractivity contribution in [2.24, 2.45) is 11.8 Å². The highest BCUT2D eigenvalue weighted by atomic mass is 16.4. The summed E-state index contributed by atoms with van der Waals surface area (Å²) in [6, 6.07) is 0. The molecule has 1 atom stereocenters. The number of hydrogen-bond acceptors (Lipinski definition) is 3. The third-order valence-corrected chi connectivity index (χ3v) is 3.00. The van der Waals surface area contributed by atoms with Crippen molar-refractivity contribution in [2.45, 2.75) is 26.4 Å². The van der Waals surface area contributed by atoms with Crippen LogP contribution in [0.4, 0.5) is 0 Å². The molecule has 0 aromatic carbocycles. The molecule has 1 unspecified atom stereocenters. The van der Waals surface area contributed by atoms with Crippen LogP contribution in [-0.4, -0.2) is 45.7 Å². The summed E-state index contributed by atoms with van der Waals surface area (Å²) in [5.41, 5.74) is -1.73. The summed E-state index contributed by atoms with van der Waals surface area (Å²) in [5.74, 6) is -1.26. The summed E-state index contributed by atoms with van der Waals surface area (Å²) >= 11 is 0. The molecule has 0 aliphatic carbocycles. The van der Waals surface area contributed by atoms with Crippen LogP contribution in [0.25, 0.3) is 0 Å². The van der Waals surface area contributed by atoms with Crippen molar-refractivity contribution in [2.75, 3.05) is 13.1 Å². The molecule has 1 amide bonds. The standard InChI is InChI=1S/C10H17NO4/c1-6(2)7(3)8(12)11-4-10(15,5-11)9(13)14/h6-7,15H,4-5H2,1-3H3,(H,13,14). The Kier molecular flexibility index (Phi) is 3.04.